The Bertz CT molecular complexity index is 992. The second-order valence-electron chi connectivity index (χ2n) is 7.58. The molecule has 3 heterocycles. The highest BCUT2D eigenvalue weighted by molar-refractivity contribution is 7.99. The Morgan fingerprint density at radius 3 is 2.63 bits per heavy atom. The van der Waals surface area contributed by atoms with Crippen LogP contribution in [0.4, 0.5) is 0 Å². The van der Waals surface area contributed by atoms with Crippen molar-refractivity contribution in [1.82, 2.24) is 19.4 Å². The Hall–Kier alpha value is -2.52. The summed E-state index contributed by atoms with van der Waals surface area (Å²) in [5.74, 6) is 1.26. The van der Waals surface area contributed by atoms with Crippen molar-refractivity contribution in [3.05, 3.63) is 46.1 Å². The number of aromatic nitrogens is 2. The molecule has 1 aromatic heterocycles. The molecular weight excluding hydrogens is 404 g/mol. The molecule has 0 saturated carbocycles. The third-order valence-electron chi connectivity index (χ3n) is 5.78. The maximum Gasteiger partial charge on any atom is 0.315 e. The molecule has 1 saturated heterocycles. The number of carbonyl (C=O) groups is 1. The van der Waals surface area contributed by atoms with E-state index in [1.807, 2.05) is 31.3 Å². The Morgan fingerprint density at radius 2 is 1.97 bits per heavy atom. The minimum atomic E-state index is -0.723. The lowest BCUT2D eigenvalue weighted by Gasteiger charge is -2.33. The highest BCUT2D eigenvalue weighted by Crippen LogP contribution is 2.32. The van der Waals surface area contributed by atoms with E-state index in [2.05, 4.69) is 9.88 Å². The fourth-order valence-corrected chi connectivity index (χ4v) is 5.00. The quantitative estimate of drug-likeness (QED) is 0.701. The summed E-state index contributed by atoms with van der Waals surface area (Å²) in [6.07, 6.45) is 1.92. The highest BCUT2D eigenvalue weighted by Gasteiger charge is 2.34. The summed E-state index contributed by atoms with van der Waals surface area (Å²) in [4.78, 5) is 34.5. The number of hydrogen-bond donors (Lipinski definition) is 1. The number of hydrogen-bond acceptors (Lipinski definition) is 7. The molecule has 1 atom stereocenters. The molecule has 2 aliphatic rings. The van der Waals surface area contributed by atoms with Gasteiger partial charge in [-0.05, 0) is 50.7 Å². The highest BCUT2D eigenvalue weighted by atomic mass is 32.2. The molecule has 8 nitrogen and oxygen atoms in total. The van der Waals surface area contributed by atoms with Gasteiger partial charge in [0.1, 0.15) is 11.6 Å². The Morgan fingerprint density at radius 1 is 1.20 bits per heavy atom. The number of aromatic hydroxyl groups is 1. The van der Waals surface area contributed by atoms with Crippen molar-refractivity contribution in [1.29, 1.82) is 0 Å². The van der Waals surface area contributed by atoms with Crippen molar-refractivity contribution in [2.75, 3.05) is 39.5 Å². The Labute approximate surface area is 179 Å². The van der Waals surface area contributed by atoms with Gasteiger partial charge in [0, 0.05) is 30.3 Å². The van der Waals surface area contributed by atoms with Crippen molar-refractivity contribution in [3.63, 3.8) is 0 Å². The minimum absolute atomic E-state index is 0.00188. The number of rotatable bonds is 6. The smallest absolute Gasteiger partial charge is 0.315 e. The molecule has 1 N–H and O–H groups in total. The average Bonchev–Trinajstić information content (AvgIpc) is 3.18. The van der Waals surface area contributed by atoms with Crippen LogP contribution in [0.15, 0.2) is 34.0 Å². The van der Waals surface area contributed by atoms with Crippen LogP contribution in [0.1, 0.15) is 35.2 Å². The van der Waals surface area contributed by atoms with Crippen molar-refractivity contribution < 1.29 is 14.6 Å². The number of likely N-dealkylation sites (tertiary alicyclic amines) is 1. The first-order valence-corrected chi connectivity index (χ1v) is 11.1. The van der Waals surface area contributed by atoms with Crippen molar-refractivity contribution in [3.8, 4) is 11.5 Å². The first kappa shape index (κ1) is 20.7. The van der Waals surface area contributed by atoms with Crippen LogP contribution in [0, 0.1) is 0 Å². The summed E-state index contributed by atoms with van der Waals surface area (Å²) >= 11 is 1.65. The predicted octanol–water partition coefficient (Wildman–Crippen LogP) is 1.97. The first-order valence-electron chi connectivity index (χ1n) is 10.1. The lowest BCUT2D eigenvalue weighted by molar-refractivity contribution is 0.0702. The lowest BCUT2D eigenvalue weighted by Crippen LogP contribution is -2.44. The predicted molar refractivity (Wildman–Crippen MR) is 114 cm³/mol. The number of benzene rings is 1. The van der Waals surface area contributed by atoms with Gasteiger partial charge in [-0.2, -0.15) is 4.98 Å². The van der Waals surface area contributed by atoms with Crippen LogP contribution in [0.2, 0.25) is 0 Å². The maximum atomic E-state index is 13.1. The fourth-order valence-electron chi connectivity index (χ4n) is 4.13. The third kappa shape index (κ3) is 3.91. The van der Waals surface area contributed by atoms with Crippen LogP contribution in [0.5, 0.6) is 11.5 Å². The van der Waals surface area contributed by atoms with Gasteiger partial charge in [-0.3, -0.25) is 14.5 Å². The number of methoxy groups -OCH3 is 1. The second-order valence-corrected chi connectivity index (χ2v) is 8.75. The van der Waals surface area contributed by atoms with Crippen LogP contribution in [0.25, 0.3) is 0 Å². The van der Waals surface area contributed by atoms with E-state index in [9.17, 15) is 14.7 Å². The minimum Gasteiger partial charge on any atom is -0.501 e. The summed E-state index contributed by atoms with van der Waals surface area (Å²) in [5.41, 5.74) is -0.648. The molecule has 1 unspecified atom stereocenters. The van der Waals surface area contributed by atoms with E-state index in [-0.39, 0.29) is 17.6 Å². The van der Waals surface area contributed by atoms with Gasteiger partial charge < -0.3 is 19.3 Å². The molecule has 1 amide bonds. The SMILES string of the molecule is COc1ccc(SCCN2CCn3c(C4CCCN4C)nc(=O)c(O)c3C2=O)cc1. The van der Waals surface area contributed by atoms with Gasteiger partial charge in [-0.25, -0.2) is 0 Å². The van der Waals surface area contributed by atoms with Gasteiger partial charge in [0.05, 0.1) is 13.2 Å². The van der Waals surface area contributed by atoms with Gasteiger partial charge in [0.15, 0.2) is 5.69 Å². The summed E-state index contributed by atoms with van der Waals surface area (Å²) < 4.78 is 6.92. The molecule has 0 aliphatic carbocycles. The molecule has 0 radical (unpaired) electrons. The van der Waals surface area contributed by atoms with Crippen molar-refractivity contribution in [2.45, 2.75) is 30.3 Å². The topological polar surface area (TPSA) is 87.9 Å². The molecular formula is C21H26N4O4S. The molecule has 0 bridgehead atoms. The van der Waals surface area contributed by atoms with Crippen molar-refractivity contribution in [2.24, 2.45) is 0 Å². The number of carbonyl (C=O) groups excluding carboxylic acids is 1. The van der Waals surface area contributed by atoms with Crippen LogP contribution >= 0.6 is 11.8 Å². The molecule has 30 heavy (non-hydrogen) atoms. The molecule has 2 aromatic rings. The van der Waals surface area contributed by atoms with Crippen LogP contribution in [0.3, 0.4) is 0 Å². The molecule has 9 heteroatoms. The van der Waals surface area contributed by atoms with Crippen LogP contribution < -0.4 is 10.3 Å². The largest absolute Gasteiger partial charge is 0.501 e. The molecule has 1 aromatic carbocycles. The number of amides is 1. The van der Waals surface area contributed by atoms with E-state index >= 15 is 0 Å². The Kier molecular flexibility index (Phi) is 6.01. The van der Waals surface area contributed by atoms with Crippen molar-refractivity contribution >= 4 is 17.7 Å². The van der Waals surface area contributed by atoms with Gasteiger partial charge in [-0.1, -0.05) is 0 Å². The van der Waals surface area contributed by atoms with E-state index in [0.29, 0.717) is 31.2 Å². The monoisotopic (exact) mass is 430 g/mol. The first-order chi connectivity index (χ1) is 14.5. The molecule has 2 aliphatic heterocycles. The average molecular weight is 431 g/mol. The molecule has 4 rings (SSSR count). The van der Waals surface area contributed by atoms with E-state index in [1.54, 1.807) is 28.3 Å². The number of thioether (sulfide) groups is 1. The molecule has 0 spiro atoms. The van der Waals surface area contributed by atoms with E-state index in [4.69, 9.17) is 4.74 Å². The van der Waals surface area contributed by atoms with E-state index in [1.165, 1.54) is 0 Å². The van der Waals surface area contributed by atoms with Crippen LogP contribution in [-0.4, -0.2) is 69.9 Å². The summed E-state index contributed by atoms with van der Waals surface area (Å²) in [7, 11) is 3.63. The van der Waals surface area contributed by atoms with Gasteiger partial charge in [0.2, 0.25) is 5.75 Å². The standard InChI is InChI=1S/C21H26N4O4S/c1-23-9-3-4-16(23)19-22-20(27)18(26)17-21(28)24(10-11-25(17)19)12-13-30-15-7-5-14(29-2)6-8-15/h5-8,16,26H,3-4,9-13H2,1-2H3. The maximum absolute atomic E-state index is 13.1. The normalized spacial score (nSPS) is 19.2. The van der Waals surface area contributed by atoms with Crippen LogP contribution in [-0.2, 0) is 6.54 Å². The summed E-state index contributed by atoms with van der Waals surface area (Å²) in [6, 6.07) is 7.78. The van der Waals surface area contributed by atoms with E-state index in [0.717, 1.165) is 30.0 Å². The number of nitrogens with zero attached hydrogens (tertiary/aromatic N) is 4. The number of fused-ring (bicyclic) bond motifs is 1. The molecule has 1 fully saturated rings. The van der Waals surface area contributed by atoms with E-state index < -0.39 is 11.3 Å². The second kappa shape index (κ2) is 8.69. The number of ether oxygens (including phenoxy) is 1. The third-order valence-corrected chi connectivity index (χ3v) is 6.77. The zero-order valence-electron chi connectivity index (χ0n) is 17.2. The summed E-state index contributed by atoms with van der Waals surface area (Å²) in [6.45, 7) is 2.51. The van der Waals surface area contributed by atoms with Gasteiger partial charge >= 0.3 is 5.56 Å². The zero-order chi connectivity index (χ0) is 21.3. The van der Waals surface area contributed by atoms with Gasteiger partial charge in [0.25, 0.3) is 5.91 Å². The Balaban J connectivity index is 1.50. The van der Waals surface area contributed by atoms with Gasteiger partial charge in [-0.15, -0.1) is 11.8 Å². The summed E-state index contributed by atoms with van der Waals surface area (Å²) in [5, 5.41) is 10.3. The lowest BCUT2D eigenvalue weighted by atomic mass is 10.1. The molecule has 160 valence electrons. The fraction of sp³-hybridized carbons (Fsp3) is 0.476. The zero-order valence-corrected chi connectivity index (χ0v) is 18.0.